The van der Waals surface area contributed by atoms with E-state index in [1.807, 2.05) is 54.6 Å². The second-order valence-electron chi connectivity index (χ2n) is 7.54. The molecule has 0 saturated carbocycles. The van der Waals surface area contributed by atoms with Gasteiger partial charge in [0.15, 0.2) is 6.29 Å². The van der Waals surface area contributed by atoms with Gasteiger partial charge in [-0.25, -0.2) is 0 Å². The van der Waals surface area contributed by atoms with Crippen LogP contribution in [0.15, 0.2) is 72.8 Å². The molecule has 0 amide bonds. The van der Waals surface area contributed by atoms with E-state index in [2.05, 4.69) is 20.8 Å². The fourth-order valence-electron chi connectivity index (χ4n) is 3.10. The molecule has 0 saturated heterocycles. The zero-order valence-corrected chi connectivity index (χ0v) is 15.8. The number of aldehydes is 1. The molecule has 3 aromatic carbocycles. The summed E-state index contributed by atoms with van der Waals surface area (Å²) < 4.78 is 6.24. The third-order valence-electron chi connectivity index (χ3n) is 4.52. The highest BCUT2D eigenvalue weighted by Crippen LogP contribution is 2.39. The molecule has 3 nitrogen and oxygen atoms in total. The van der Waals surface area contributed by atoms with Gasteiger partial charge in [0.1, 0.15) is 17.6 Å². The monoisotopic (exact) mass is 360 g/mol. The average Bonchev–Trinajstić information content (AvgIpc) is 2.68. The van der Waals surface area contributed by atoms with Crippen molar-refractivity contribution in [2.45, 2.75) is 32.3 Å². The van der Waals surface area contributed by atoms with E-state index in [1.165, 1.54) is 0 Å². The van der Waals surface area contributed by atoms with Gasteiger partial charge in [-0.15, -0.1) is 0 Å². The highest BCUT2D eigenvalue weighted by atomic mass is 16.5. The van der Waals surface area contributed by atoms with Gasteiger partial charge in [-0.3, -0.25) is 4.79 Å². The Kier molecular flexibility index (Phi) is 5.43. The Morgan fingerprint density at radius 2 is 1.56 bits per heavy atom. The van der Waals surface area contributed by atoms with E-state index in [0.29, 0.717) is 22.6 Å². The molecule has 0 aliphatic heterocycles. The molecule has 1 atom stereocenters. The van der Waals surface area contributed by atoms with Crippen molar-refractivity contribution in [3.63, 3.8) is 0 Å². The van der Waals surface area contributed by atoms with E-state index in [4.69, 9.17) is 4.74 Å². The normalized spacial score (nSPS) is 12.4. The number of rotatable bonds is 5. The van der Waals surface area contributed by atoms with E-state index < -0.39 is 6.10 Å². The molecule has 0 aliphatic rings. The maximum atomic E-state index is 11.6. The van der Waals surface area contributed by atoms with Gasteiger partial charge < -0.3 is 9.84 Å². The van der Waals surface area contributed by atoms with Crippen LogP contribution in [0.1, 0.15) is 53.9 Å². The Bertz CT molecular complexity index is 924. The number of ether oxygens (including phenoxy) is 1. The van der Waals surface area contributed by atoms with Gasteiger partial charge in [-0.05, 0) is 23.1 Å². The number of para-hydroxylation sites is 2. The zero-order chi connectivity index (χ0) is 19.4. The van der Waals surface area contributed by atoms with Crippen molar-refractivity contribution in [1.82, 2.24) is 0 Å². The first-order chi connectivity index (χ1) is 12.9. The summed E-state index contributed by atoms with van der Waals surface area (Å²) in [7, 11) is 0. The van der Waals surface area contributed by atoms with Crippen LogP contribution in [-0.2, 0) is 5.41 Å². The maximum absolute atomic E-state index is 11.6. The first-order valence-corrected chi connectivity index (χ1v) is 9.00. The van der Waals surface area contributed by atoms with Crippen LogP contribution in [0.4, 0.5) is 0 Å². The van der Waals surface area contributed by atoms with Crippen LogP contribution < -0.4 is 4.74 Å². The number of aliphatic hydroxyl groups excluding tert-OH is 1. The molecule has 0 radical (unpaired) electrons. The predicted octanol–water partition coefficient (Wildman–Crippen LogP) is 5.67. The van der Waals surface area contributed by atoms with E-state index in [-0.39, 0.29) is 5.41 Å². The average molecular weight is 360 g/mol. The van der Waals surface area contributed by atoms with Crippen LogP contribution in [0, 0.1) is 0 Å². The minimum atomic E-state index is -0.886. The molecule has 3 aromatic rings. The molecule has 0 heterocycles. The van der Waals surface area contributed by atoms with Crippen molar-refractivity contribution in [2.24, 2.45) is 0 Å². The molecule has 0 aliphatic carbocycles. The van der Waals surface area contributed by atoms with Crippen LogP contribution >= 0.6 is 0 Å². The quantitative estimate of drug-likeness (QED) is 0.596. The standard InChI is InChI=1S/C24H24O3/c1-24(2,3)20-14-7-8-15-21(20)27-23-18(16-25)12-9-13-19(23)22(26)17-10-5-4-6-11-17/h4-16,22,26H,1-3H3. The van der Waals surface area contributed by atoms with Crippen molar-refractivity contribution >= 4 is 6.29 Å². The molecule has 1 N–H and O–H groups in total. The highest BCUT2D eigenvalue weighted by Gasteiger charge is 2.23. The second kappa shape index (κ2) is 7.77. The zero-order valence-electron chi connectivity index (χ0n) is 15.8. The largest absolute Gasteiger partial charge is 0.456 e. The predicted molar refractivity (Wildman–Crippen MR) is 108 cm³/mol. The molecule has 27 heavy (non-hydrogen) atoms. The Labute approximate surface area is 160 Å². The van der Waals surface area contributed by atoms with Gasteiger partial charge in [0.25, 0.3) is 0 Å². The third kappa shape index (κ3) is 4.09. The molecule has 3 heteroatoms. The minimum Gasteiger partial charge on any atom is -0.456 e. The van der Waals surface area contributed by atoms with Crippen molar-refractivity contribution in [2.75, 3.05) is 0 Å². The summed E-state index contributed by atoms with van der Waals surface area (Å²) in [5.74, 6) is 1.07. The number of benzene rings is 3. The second-order valence-corrected chi connectivity index (χ2v) is 7.54. The van der Waals surface area contributed by atoms with E-state index in [9.17, 15) is 9.90 Å². The summed E-state index contributed by atoms with van der Waals surface area (Å²) in [4.78, 5) is 11.6. The fraction of sp³-hybridized carbons (Fsp3) is 0.208. The van der Waals surface area contributed by atoms with Gasteiger partial charge in [0.2, 0.25) is 0 Å². The van der Waals surface area contributed by atoms with E-state index in [1.54, 1.807) is 18.2 Å². The van der Waals surface area contributed by atoms with Crippen molar-refractivity contribution in [1.29, 1.82) is 0 Å². The van der Waals surface area contributed by atoms with E-state index in [0.717, 1.165) is 17.4 Å². The molecule has 3 rings (SSSR count). The van der Waals surface area contributed by atoms with Crippen LogP contribution in [0.5, 0.6) is 11.5 Å². The number of hydrogen-bond acceptors (Lipinski definition) is 3. The SMILES string of the molecule is CC(C)(C)c1ccccc1Oc1c(C=O)cccc1C(O)c1ccccc1. The molecule has 1 unspecified atom stereocenters. The molecule has 0 fully saturated rings. The molecule has 138 valence electrons. The number of carbonyl (C=O) groups is 1. The van der Waals surface area contributed by atoms with Crippen molar-refractivity contribution < 1.29 is 14.6 Å². The Hall–Kier alpha value is -2.91. The van der Waals surface area contributed by atoms with Crippen LogP contribution in [-0.4, -0.2) is 11.4 Å². The lowest BCUT2D eigenvalue weighted by molar-refractivity contribution is 0.112. The minimum absolute atomic E-state index is 0.120. The summed E-state index contributed by atoms with van der Waals surface area (Å²) >= 11 is 0. The number of carbonyl (C=O) groups excluding carboxylic acids is 1. The van der Waals surface area contributed by atoms with Crippen molar-refractivity contribution in [3.8, 4) is 11.5 Å². The topological polar surface area (TPSA) is 46.5 Å². The lowest BCUT2D eigenvalue weighted by Gasteiger charge is -2.24. The number of hydrogen-bond donors (Lipinski definition) is 1. The molecule has 0 aromatic heterocycles. The van der Waals surface area contributed by atoms with Gasteiger partial charge in [0, 0.05) is 11.1 Å². The van der Waals surface area contributed by atoms with Crippen LogP contribution in [0.25, 0.3) is 0 Å². The Morgan fingerprint density at radius 3 is 2.22 bits per heavy atom. The summed E-state index contributed by atoms with van der Waals surface area (Å²) in [5.41, 5.74) is 2.63. The van der Waals surface area contributed by atoms with Gasteiger partial charge >= 0.3 is 0 Å². The molecule has 0 bridgehead atoms. The Balaban J connectivity index is 2.10. The number of aliphatic hydroxyl groups is 1. The summed E-state index contributed by atoms with van der Waals surface area (Å²) in [6, 6.07) is 22.4. The van der Waals surface area contributed by atoms with Gasteiger partial charge in [0.05, 0.1) is 5.56 Å². The summed E-state index contributed by atoms with van der Waals surface area (Å²) in [5, 5.41) is 10.9. The highest BCUT2D eigenvalue weighted by molar-refractivity contribution is 5.80. The van der Waals surface area contributed by atoms with Crippen LogP contribution in [0.3, 0.4) is 0 Å². The Morgan fingerprint density at radius 1 is 0.889 bits per heavy atom. The smallest absolute Gasteiger partial charge is 0.153 e. The van der Waals surface area contributed by atoms with Crippen molar-refractivity contribution in [3.05, 3.63) is 95.1 Å². The first kappa shape index (κ1) is 18.9. The molecule has 0 spiro atoms. The van der Waals surface area contributed by atoms with E-state index >= 15 is 0 Å². The first-order valence-electron chi connectivity index (χ1n) is 9.00. The molecular weight excluding hydrogens is 336 g/mol. The third-order valence-corrected chi connectivity index (χ3v) is 4.52. The van der Waals surface area contributed by atoms with Gasteiger partial charge in [-0.2, -0.15) is 0 Å². The summed E-state index contributed by atoms with van der Waals surface area (Å²) in [6.07, 6.45) is -0.126. The lowest BCUT2D eigenvalue weighted by atomic mass is 9.86. The molecular formula is C24H24O3. The maximum Gasteiger partial charge on any atom is 0.153 e. The van der Waals surface area contributed by atoms with Crippen LogP contribution in [0.2, 0.25) is 0 Å². The van der Waals surface area contributed by atoms with Gasteiger partial charge in [-0.1, -0.05) is 81.4 Å². The summed E-state index contributed by atoms with van der Waals surface area (Å²) in [6.45, 7) is 6.33. The lowest BCUT2D eigenvalue weighted by Crippen LogP contribution is -2.13. The fourth-order valence-corrected chi connectivity index (χ4v) is 3.10.